The molecular formula is C23H33N5O5. The van der Waals surface area contributed by atoms with Crippen LogP contribution in [0.4, 0.5) is 4.79 Å². The summed E-state index contributed by atoms with van der Waals surface area (Å²) in [5, 5.41) is 20.3. The van der Waals surface area contributed by atoms with Crippen LogP contribution in [0.3, 0.4) is 0 Å². The number of hydrogen-bond acceptors (Lipinski definition) is 7. The Labute approximate surface area is 193 Å². The van der Waals surface area contributed by atoms with Gasteiger partial charge in [0.2, 0.25) is 0 Å². The molecule has 0 radical (unpaired) electrons. The van der Waals surface area contributed by atoms with E-state index < -0.39 is 12.1 Å². The van der Waals surface area contributed by atoms with Crippen LogP contribution in [-0.4, -0.2) is 49.9 Å². The largest absolute Gasteiger partial charge is 0.489 e. The highest BCUT2D eigenvalue weighted by atomic mass is 16.5. The lowest BCUT2D eigenvalue weighted by molar-refractivity contribution is -0.143. The Kier molecular flexibility index (Phi) is 7.55. The number of nitrogens with one attached hydrogen (secondary N) is 1. The molecule has 2 atom stereocenters. The fourth-order valence-electron chi connectivity index (χ4n) is 3.72. The first-order valence-electron chi connectivity index (χ1n) is 11.2. The van der Waals surface area contributed by atoms with Crippen molar-refractivity contribution < 1.29 is 24.2 Å². The zero-order valence-electron chi connectivity index (χ0n) is 19.9. The van der Waals surface area contributed by atoms with Gasteiger partial charge in [-0.15, -0.1) is 5.10 Å². The second-order valence-corrected chi connectivity index (χ2v) is 9.72. The van der Waals surface area contributed by atoms with Crippen LogP contribution >= 0.6 is 0 Å². The Morgan fingerprint density at radius 1 is 1.27 bits per heavy atom. The maximum Gasteiger partial charge on any atom is 0.407 e. The number of aromatic nitrogens is 4. The molecular weight excluding hydrogens is 426 g/mol. The summed E-state index contributed by atoms with van der Waals surface area (Å²) in [6.45, 7) is 8.32. The Morgan fingerprint density at radius 3 is 2.70 bits per heavy atom. The summed E-state index contributed by atoms with van der Waals surface area (Å²) < 4.78 is 12.9. The van der Waals surface area contributed by atoms with Gasteiger partial charge in [-0.25, -0.2) is 14.5 Å². The summed E-state index contributed by atoms with van der Waals surface area (Å²) in [6.07, 6.45) is 2.22. The molecule has 180 valence electrons. The number of ether oxygens (including phenoxy) is 2. The van der Waals surface area contributed by atoms with Crippen molar-refractivity contribution in [2.45, 2.75) is 66.0 Å². The predicted molar refractivity (Wildman–Crippen MR) is 121 cm³/mol. The zero-order valence-corrected chi connectivity index (χ0v) is 19.9. The summed E-state index contributed by atoms with van der Waals surface area (Å²) in [5.74, 6) is -0.496. The standard InChI is InChI=1S/C23H33N5O5/c1-14-19(33-16-8-6-7-15(11-16)21(29)30)10-9-17(25-14)20-18(28(5)27-26-20)12-24-22(31)32-13-23(2,3)4/h9-10,15-16H,6-8,11-13H2,1-5H3,(H,24,31)(H,29,30)/t15?,16-/m0/s1. The fraction of sp³-hybridized carbons (Fsp3) is 0.609. The highest BCUT2D eigenvalue weighted by Gasteiger charge is 2.28. The molecule has 0 spiro atoms. The van der Waals surface area contributed by atoms with E-state index in [0.29, 0.717) is 48.0 Å². The average Bonchev–Trinajstić information content (AvgIpc) is 3.12. The van der Waals surface area contributed by atoms with Gasteiger partial charge in [0, 0.05) is 7.05 Å². The zero-order chi connectivity index (χ0) is 24.2. The molecule has 2 aromatic rings. The number of carboxylic acid groups (broad SMARTS) is 1. The number of carboxylic acids is 1. The van der Waals surface area contributed by atoms with Crippen molar-refractivity contribution >= 4 is 12.1 Å². The summed E-state index contributed by atoms with van der Waals surface area (Å²) in [7, 11) is 1.75. The second kappa shape index (κ2) is 10.2. The van der Waals surface area contributed by atoms with Gasteiger partial charge in [-0.3, -0.25) is 4.79 Å². The van der Waals surface area contributed by atoms with E-state index in [-0.39, 0.29) is 24.0 Å². The van der Waals surface area contributed by atoms with Crippen LogP contribution < -0.4 is 10.1 Å². The van der Waals surface area contributed by atoms with Crippen molar-refractivity contribution in [3.8, 4) is 17.1 Å². The van der Waals surface area contributed by atoms with Crippen LogP contribution in [0.2, 0.25) is 0 Å². The van der Waals surface area contributed by atoms with E-state index in [1.54, 1.807) is 17.8 Å². The van der Waals surface area contributed by atoms with Crippen LogP contribution in [0, 0.1) is 18.3 Å². The molecule has 10 nitrogen and oxygen atoms in total. The van der Waals surface area contributed by atoms with Crippen LogP contribution in [0.5, 0.6) is 5.75 Å². The molecule has 1 aliphatic rings. The van der Waals surface area contributed by atoms with E-state index in [9.17, 15) is 14.7 Å². The number of alkyl carbamates (subject to hydrolysis) is 1. The number of amides is 1. The van der Waals surface area contributed by atoms with Gasteiger partial charge in [-0.05, 0) is 50.2 Å². The molecule has 0 saturated heterocycles. The number of nitrogens with zero attached hydrogens (tertiary/aromatic N) is 4. The number of pyridine rings is 1. The summed E-state index contributed by atoms with van der Waals surface area (Å²) >= 11 is 0. The molecule has 10 heteroatoms. The summed E-state index contributed by atoms with van der Waals surface area (Å²) in [5.41, 5.74) is 2.43. The quantitative estimate of drug-likeness (QED) is 0.644. The molecule has 2 heterocycles. The minimum absolute atomic E-state index is 0.117. The number of rotatable bonds is 7. The topological polar surface area (TPSA) is 128 Å². The monoisotopic (exact) mass is 459 g/mol. The molecule has 0 bridgehead atoms. The Hall–Kier alpha value is -3.17. The number of aliphatic carboxylic acids is 1. The Bertz CT molecular complexity index is 998. The van der Waals surface area contributed by atoms with Crippen molar-refractivity contribution in [1.29, 1.82) is 0 Å². The van der Waals surface area contributed by atoms with Gasteiger partial charge in [0.05, 0.1) is 42.3 Å². The smallest absolute Gasteiger partial charge is 0.407 e. The highest BCUT2D eigenvalue weighted by molar-refractivity contribution is 5.70. The number of hydrogen-bond donors (Lipinski definition) is 2. The number of carbonyl (C=O) groups excluding carboxylic acids is 1. The molecule has 2 N–H and O–H groups in total. The van der Waals surface area contributed by atoms with Crippen LogP contribution in [0.25, 0.3) is 11.4 Å². The van der Waals surface area contributed by atoms with E-state index in [1.165, 1.54) is 0 Å². The molecule has 1 amide bonds. The predicted octanol–water partition coefficient (Wildman–Crippen LogP) is 3.48. The Balaban J connectivity index is 1.67. The van der Waals surface area contributed by atoms with Crippen molar-refractivity contribution in [2.24, 2.45) is 18.4 Å². The molecule has 1 aliphatic carbocycles. The third kappa shape index (κ3) is 6.66. The molecule has 1 unspecified atom stereocenters. The van der Waals surface area contributed by atoms with Crippen molar-refractivity contribution in [3.05, 3.63) is 23.5 Å². The van der Waals surface area contributed by atoms with Gasteiger partial charge < -0.3 is 19.9 Å². The lowest BCUT2D eigenvalue weighted by Gasteiger charge is -2.27. The average molecular weight is 460 g/mol. The van der Waals surface area contributed by atoms with Crippen molar-refractivity contribution in [2.75, 3.05) is 6.61 Å². The maximum atomic E-state index is 12.0. The lowest BCUT2D eigenvalue weighted by Crippen LogP contribution is -2.29. The minimum atomic E-state index is -0.764. The molecule has 2 aromatic heterocycles. The third-order valence-corrected chi connectivity index (χ3v) is 5.53. The minimum Gasteiger partial charge on any atom is -0.489 e. The normalized spacial score (nSPS) is 18.6. The maximum absolute atomic E-state index is 12.0. The van der Waals surface area contributed by atoms with Gasteiger partial charge >= 0.3 is 12.1 Å². The van der Waals surface area contributed by atoms with E-state index >= 15 is 0 Å². The van der Waals surface area contributed by atoms with E-state index in [1.807, 2.05) is 33.8 Å². The van der Waals surface area contributed by atoms with Crippen LogP contribution in [0.1, 0.15) is 57.8 Å². The second-order valence-electron chi connectivity index (χ2n) is 9.72. The van der Waals surface area contributed by atoms with Crippen molar-refractivity contribution in [1.82, 2.24) is 25.3 Å². The molecule has 33 heavy (non-hydrogen) atoms. The first-order valence-corrected chi connectivity index (χ1v) is 11.2. The highest BCUT2D eigenvalue weighted by Crippen LogP contribution is 2.30. The van der Waals surface area contributed by atoms with Crippen molar-refractivity contribution in [3.63, 3.8) is 0 Å². The number of aryl methyl sites for hydroxylation is 2. The SMILES string of the molecule is Cc1nc(-c2nnn(C)c2CNC(=O)OCC(C)(C)C)ccc1O[C@H]1CCCC(C(=O)O)C1. The lowest BCUT2D eigenvalue weighted by atomic mass is 9.87. The van der Waals surface area contributed by atoms with Gasteiger partial charge in [0.25, 0.3) is 0 Å². The van der Waals surface area contributed by atoms with Gasteiger partial charge in [0.1, 0.15) is 11.4 Å². The van der Waals surface area contributed by atoms with E-state index in [4.69, 9.17) is 9.47 Å². The first-order chi connectivity index (χ1) is 15.5. The molecule has 0 aliphatic heterocycles. The first kappa shape index (κ1) is 24.5. The molecule has 1 saturated carbocycles. The van der Waals surface area contributed by atoms with E-state index in [0.717, 1.165) is 12.8 Å². The summed E-state index contributed by atoms with van der Waals surface area (Å²) in [6, 6.07) is 3.62. The van der Waals surface area contributed by atoms with E-state index in [2.05, 4.69) is 20.6 Å². The third-order valence-electron chi connectivity index (χ3n) is 5.53. The van der Waals surface area contributed by atoms with Gasteiger partial charge in [-0.1, -0.05) is 26.0 Å². The fourth-order valence-corrected chi connectivity index (χ4v) is 3.72. The molecule has 3 rings (SSSR count). The number of carbonyl (C=O) groups is 2. The summed E-state index contributed by atoms with van der Waals surface area (Å²) in [4.78, 5) is 28.0. The molecule has 1 fully saturated rings. The van der Waals surface area contributed by atoms with Crippen LogP contribution in [-0.2, 0) is 23.1 Å². The molecule has 0 aromatic carbocycles. The van der Waals surface area contributed by atoms with Gasteiger partial charge in [-0.2, -0.15) is 0 Å². The van der Waals surface area contributed by atoms with Crippen LogP contribution in [0.15, 0.2) is 12.1 Å². The Morgan fingerprint density at radius 2 is 2.03 bits per heavy atom. The van der Waals surface area contributed by atoms with Gasteiger partial charge in [0.15, 0.2) is 0 Å².